The lowest BCUT2D eigenvalue weighted by atomic mass is 10.1. The molecule has 0 spiro atoms. The number of carboxylic acids is 1. The summed E-state index contributed by atoms with van der Waals surface area (Å²) >= 11 is 0. The molecule has 0 saturated carbocycles. The molecule has 0 radical (unpaired) electrons. The lowest BCUT2D eigenvalue weighted by Gasteiger charge is -2.13. The average molecular weight is 279 g/mol. The van der Waals surface area contributed by atoms with E-state index in [4.69, 9.17) is 9.84 Å². The SMILES string of the molecule is Cc1ccc(C)c(OCCCC(=O)NCC(=O)O)c1C. The number of benzene rings is 1. The molecule has 1 aromatic carbocycles. The van der Waals surface area contributed by atoms with E-state index in [0.717, 1.165) is 16.9 Å². The van der Waals surface area contributed by atoms with Crippen LogP contribution in [-0.2, 0) is 9.59 Å². The minimum Gasteiger partial charge on any atom is -0.493 e. The van der Waals surface area contributed by atoms with Gasteiger partial charge in [-0.3, -0.25) is 9.59 Å². The molecular formula is C15H21NO4. The molecule has 0 unspecified atom stereocenters. The number of aryl methyl sites for hydroxylation is 2. The second kappa shape index (κ2) is 7.53. The molecule has 2 N–H and O–H groups in total. The lowest BCUT2D eigenvalue weighted by molar-refractivity contribution is -0.137. The first-order chi connectivity index (χ1) is 9.41. The fraction of sp³-hybridized carbons (Fsp3) is 0.467. The molecule has 0 bridgehead atoms. The smallest absolute Gasteiger partial charge is 0.322 e. The molecule has 0 atom stereocenters. The molecule has 0 saturated heterocycles. The summed E-state index contributed by atoms with van der Waals surface area (Å²) < 4.78 is 5.73. The largest absolute Gasteiger partial charge is 0.493 e. The molecule has 1 amide bonds. The number of aliphatic carboxylic acids is 1. The number of hydrogen-bond donors (Lipinski definition) is 2. The third-order valence-corrected chi connectivity index (χ3v) is 3.10. The minimum atomic E-state index is -1.04. The topological polar surface area (TPSA) is 75.6 Å². The van der Waals surface area contributed by atoms with Gasteiger partial charge in [-0.15, -0.1) is 0 Å². The second-order valence-electron chi connectivity index (χ2n) is 4.78. The van der Waals surface area contributed by atoms with Crippen molar-refractivity contribution in [3.05, 3.63) is 28.8 Å². The van der Waals surface area contributed by atoms with Crippen LogP contribution in [0.4, 0.5) is 0 Å². The average Bonchev–Trinajstić information content (AvgIpc) is 2.40. The highest BCUT2D eigenvalue weighted by Gasteiger charge is 2.07. The van der Waals surface area contributed by atoms with Crippen LogP contribution < -0.4 is 10.1 Å². The number of hydrogen-bond acceptors (Lipinski definition) is 3. The van der Waals surface area contributed by atoms with E-state index >= 15 is 0 Å². The maximum atomic E-state index is 11.3. The maximum absolute atomic E-state index is 11.3. The summed E-state index contributed by atoms with van der Waals surface area (Å²) in [4.78, 5) is 21.6. The van der Waals surface area contributed by atoms with Gasteiger partial charge in [0.05, 0.1) is 6.61 Å². The van der Waals surface area contributed by atoms with Crippen molar-refractivity contribution in [2.75, 3.05) is 13.2 Å². The minimum absolute atomic E-state index is 0.261. The van der Waals surface area contributed by atoms with Crippen LogP contribution >= 0.6 is 0 Å². The Hall–Kier alpha value is -2.04. The summed E-state index contributed by atoms with van der Waals surface area (Å²) in [5.74, 6) is -0.440. The van der Waals surface area contributed by atoms with Gasteiger partial charge in [0.2, 0.25) is 5.91 Å². The Morgan fingerprint density at radius 1 is 1.20 bits per heavy atom. The molecule has 0 fully saturated rings. The number of nitrogens with one attached hydrogen (secondary N) is 1. The van der Waals surface area contributed by atoms with Crippen LogP contribution in [-0.4, -0.2) is 30.1 Å². The Bertz CT molecular complexity index is 497. The summed E-state index contributed by atoms with van der Waals surface area (Å²) in [5, 5.41) is 10.7. The van der Waals surface area contributed by atoms with E-state index in [1.165, 1.54) is 5.56 Å². The third-order valence-electron chi connectivity index (χ3n) is 3.10. The zero-order valence-corrected chi connectivity index (χ0v) is 12.2. The molecule has 110 valence electrons. The van der Waals surface area contributed by atoms with Crippen LogP contribution in [0.25, 0.3) is 0 Å². The number of carbonyl (C=O) groups is 2. The van der Waals surface area contributed by atoms with E-state index in [9.17, 15) is 9.59 Å². The first kappa shape index (κ1) is 16.0. The van der Waals surface area contributed by atoms with Crippen molar-refractivity contribution in [2.24, 2.45) is 0 Å². The molecular weight excluding hydrogens is 258 g/mol. The summed E-state index contributed by atoms with van der Waals surface area (Å²) in [6.07, 6.45) is 0.815. The van der Waals surface area contributed by atoms with E-state index < -0.39 is 5.97 Å². The predicted octanol–water partition coefficient (Wildman–Crippen LogP) is 1.97. The van der Waals surface area contributed by atoms with Crippen LogP contribution in [0.5, 0.6) is 5.75 Å². The maximum Gasteiger partial charge on any atom is 0.322 e. The van der Waals surface area contributed by atoms with Crippen LogP contribution in [0.15, 0.2) is 12.1 Å². The first-order valence-electron chi connectivity index (χ1n) is 6.60. The van der Waals surface area contributed by atoms with Crippen molar-refractivity contribution in [3.8, 4) is 5.75 Å². The first-order valence-corrected chi connectivity index (χ1v) is 6.60. The Balaban J connectivity index is 2.37. The van der Waals surface area contributed by atoms with Gasteiger partial charge in [0, 0.05) is 6.42 Å². The van der Waals surface area contributed by atoms with Gasteiger partial charge in [-0.1, -0.05) is 12.1 Å². The Kier molecular flexibility index (Phi) is 6.03. The second-order valence-corrected chi connectivity index (χ2v) is 4.78. The molecule has 5 nitrogen and oxygen atoms in total. The molecule has 20 heavy (non-hydrogen) atoms. The van der Waals surface area contributed by atoms with Gasteiger partial charge in [0.1, 0.15) is 12.3 Å². The highest BCUT2D eigenvalue weighted by molar-refractivity contribution is 5.80. The quantitative estimate of drug-likeness (QED) is 0.748. The Morgan fingerprint density at radius 3 is 2.50 bits per heavy atom. The van der Waals surface area contributed by atoms with Crippen LogP contribution in [0, 0.1) is 20.8 Å². The van der Waals surface area contributed by atoms with Crippen molar-refractivity contribution in [1.29, 1.82) is 0 Å². The number of carbonyl (C=O) groups excluding carboxylic acids is 1. The molecule has 5 heteroatoms. The number of ether oxygens (including phenoxy) is 1. The monoisotopic (exact) mass is 279 g/mol. The van der Waals surface area contributed by atoms with Crippen molar-refractivity contribution < 1.29 is 19.4 Å². The van der Waals surface area contributed by atoms with Crippen molar-refractivity contribution in [1.82, 2.24) is 5.32 Å². The highest BCUT2D eigenvalue weighted by atomic mass is 16.5. The van der Waals surface area contributed by atoms with Gasteiger partial charge in [-0.05, 0) is 43.9 Å². The van der Waals surface area contributed by atoms with Gasteiger partial charge in [0.15, 0.2) is 0 Å². The Morgan fingerprint density at radius 2 is 1.85 bits per heavy atom. The van der Waals surface area contributed by atoms with Crippen LogP contribution in [0.3, 0.4) is 0 Å². The number of carboxylic acid groups (broad SMARTS) is 1. The van der Waals surface area contributed by atoms with Gasteiger partial charge >= 0.3 is 5.97 Å². The van der Waals surface area contributed by atoms with E-state index in [-0.39, 0.29) is 18.9 Å². The van der Waals surface area contributed by atoms with E-state index in [1.54, 1.807) is 0 Å². The fourth-order valence-electron chi connectivity index (χ4n) is 1.82. The number of amides is 1. The Labute approximate surface area is 118 Å². The lowest BCUT2D eigenvalue weighted by Crippen LogP contribution is -2.29. The zero-order valence-electron chi connectivity index (χ0n) is 12.2. The zero-order chi connectivity index (χ0) is 15.1. The summed E-state index contributed by atoms with van der Waals surface area (Å²) in [7, 11) is 0. The van der Waals surface area contributed by atoms with Crippen molar-refractivity contribution in [3.63, 3.8) is 0 Å². The molecule has 0 heterocycles. The van der Waals surface area contributed by atoms with Gasteiger partial charge < -0.3 is 15.2 Å². The summed E-state index contributed by atoms with van der Waals surface area (Å²) in [6.45, 7) is 6.13. The number of rotatable bonds is 7. The predicted molar refractivity (Wildman–Crippen MR) is 76.0 cm³/mol. The molecule has 1 rings (SSSR count). The molecule has 0 aliphatic rings. The fourth-order valence-corrected chi connectivity index (χ4v) is 1.82. The highest BCUT2D eigenvalue weighted by Crippen LogP contribution is 2.25. The molecule has 0 aliphatic heterocycles. The van der Waals surface area contributed by atoms with E-state index in [1.807, 2.05) is 26.8 Å². The van der Waals surface area contributed by atoms with Gasteiger partial charge in [-0.25, -0.2) is 0 Å². The van der Waals surface area contributed by atoms with E-state index in [0.29, 0.717) is 13.0 Å². The van der Waals surface area contributed by atoms with Gasteiger partial charge in [0.25, 0.3) is 0 Å². The third kappa shape index (κ3) is 4.91. The molecule has 1 aromatic rings. The summed E-state index contributed by atoms with van der Waals surface area (Å²) in [5.41, 5.74) is 3.36. The van der Waals surface area contributed by atoms with Crippen LogP contribution in [0.2, 0.25) is 0 Å². The molecule has 0 aliphatic carbocycles. The van der Waals surface area contributed by atoms with Crippen molar-refractivity contribution in [2.45, 2.75) is 33.6 Å². The standard InChI is InChI=1S/C15H21NO4/c1-10-6-7-11(2)15(12(10)3)20-8-4-5-13(17)16-9-14(18)19/h6-7H,4-5,8-9H2,1-3H3,(H,16,17)(H,18,19). The normalized spacial score (nSPS) is 10.2. The van der Waals surface area contributed by atoms with Gasteiger partial charge in [-0.2, -0.15) is 0 Å². The molecule has 0 aromatic heterocycles. The van der Waals surface area contributed by atoms with Crippen LogP contribution in [0.1, 0.15) is 29.5 Å². The summed E-state index contributed by atoms with van der Waals surface area (Å²) in [6, 6.07) is 4.06. The van der Waals surface area contributed by atoms with E-state index in [2.05, 4.69) is 11.4 Å². The van der Waals surface area contributed by atoms with Crippen molar-refractivity contribution >= 4 is 11.9 Å².